The summed E-state index contributed by atoms with van der Waals surface area (Å²) in [6.45, 7) is 4.45. The summed E-state index contributed by atoms with van der Waals surface area (Å²) in [6.07, 6.45) is 4.96. The molecule has 2 aromatic rings. The van der Waals surface area contributed by atoms with Crippen LogP contribution in [-0.2, 0) is 0 Å². The van der Waals surface area contributed by atoms with Crippen LogP contribution in [0.2, 0.25) is 0 Å². The van der Waals surface area contributed by atoms with Crippen LogP contribution in [0, 0.1) is 0 Å². The topological polar surface area (TPSA) is 71.0 Å². The van der Waals surface area contributed by atoms with Gasteiger partial charge >= 0.3 is 0 Å². The third-order valence-corrected chi connectivity index (χ3v) is 4.22. The number of hydrogen-bond donors (Lipinski definition) is 1. The van der Waals surface area contributed by atoms with E-state index in [2.05, 4.69) is 20.3 Å². The SMILES string of the molecule is CC1CNCCN1C(=O)c1cnc(-c2ncccn2)s1.Cl.Cl. The molecule has 0 radical (unpaired) electrons. The molecular formula is C13H17Cl2N5OS. The number of nitrogens with one attached hydrogen (secondary N) is 1. The second kappa shape index (κ2) is 8.38. The molecule has 1 atom stereocenters. The number of thiazole rings is 1. The molecule has 0 aliphatic carbocycles. The third-order valence-electron chi connectivity index (χ3n) is 3.24. The van der Waals surface area contributed by atoms with Gasteiger partial charge in [0.1, 0.15) is 4.88 Å². The molecule has 22 heavy (non-hydrogen) atoms. The minimum absolute atomic E-state index is 0. The highest BCUT2D eigenvalue weighted by atomic mass is 35.5. The van der Waals surface area contributed by atoms with Crippen LogP contribution in [0.3, 0.4) is 0 Å². The minimum atomic E-state index is 0. The number of amides is 1. The average Bonchev–Trinajstić information content (AvgIpc) is 2.98. The van der Waals surface area contributed by atoms with E-state index in [1.165, 1.54) is 11.3 Å². The van der Waals surface area contributed by atoms with Gasteiger partial charge in [-0.05, 0) is 13.0 Å². The maximum atomic E-state index is 12.5. The number of nitrogens with zero attached hydrogens (tertiary/aromatic N) is 4. The van der Waals surface area contributed by atoms with Gasteiger partial charge in [-0.25, -0.2) is 15.0 Å². The van der Waals surface area contributed by atoms with Gasteiger partial charge in [-0.1, -0.05) is 0 Å². The zero-order valence-electron chi connectivity index (χ0n) is 11.9. The summed E-state index contributed by atoms with van der Waals surface area (Å²) in [6, 6.07) is 1.96. The molecule has 1 fully saturated rings. The second-order valence-corrected chi connectivity index (χ2v) is 5.68. The van der Waals surface area contributed by atoms with E-state index < -0.39 is 0 Å². The molecule has 2 aromatic heterocycles. The van der Waals surface area contributed by atoms with Crippen LogP contribution in [0.4, 0.5) is 0 Å². The fraction of sp³-hybridized carbons (Fsp3) is 0.385. The number of aromatic nitrogens is 3. The summed E-state index contributed by atoms with van der Waals surface area (Å²) in [4.78, 5) is 27.6. The number of rotatable bonds is 2. The first-order chi connectivity index (χ1) is 9.75. The van der Waals surface area contributed by atoms with Crippen molar-refractivity contribution < 1.29 is 4.79 Å². The van der Waals surface area contributed by atoms with E-state index in [1.807, 2.05) is 11.8 Å². The van der Waals surface area contributed by atoms with Gasteiger partial charge in [-0.3, -0.25) is 4.79 Å². The first-order valence-electron chi connectivity index (χ1n) is 6.50. The summed E-state index contributed by atoms with van der Waals surface area (Å²) in [5.41, 5.74) is 0. The van der Waals surface area contributed by atoms with Crippen molar-refractivity contribution in [3.8, 4) is 10.8 Å². The lowest BCUT2D eigenvalue weighted by molar-refractivity contribution is 0.0660. The first kappa shape index (κ1) is 18.8. The molecule has 1 amide bonds. The molecule has 6 nitrogen and oxygen atoms in total. The fourth-order valence-corrected chi connectivity index (χ4v) is 2.99. The quantitative estimate of drug-likeness (QED) is 0.883. The molecule has 1 saturated heterocycles. The van der Waals surface area contributed by atoms with Crippen molar-refractivity contribution >= 4 is 42.1 Å². The Labute approximate surface area is 145 Å². The van der Waals surface area contributed by atoms with E-state index >= 15 is 0 Å². The summed E-state index contributed by atoms with van der Waals surface area (Å²) in [5.74, 6) is 0.601. The lowest BCUT2D eigenvalue weighted by Crippen LogP contribution is -2.52. The van der Waals surface area contributed by atoms with Crippen LogP contribution in [0.1, 0.15) is 16.6 Å². The Morgan fingerprint density at radius 1 is 1.32 bits per heavy atom. The van der Waals surface area contributed by atoms with Gasteiger partial charge < -0.3 is 10.2 Å². The molecule has 1 unspecified atom stereocenters. The zero-order chi connectivity index (χ0) is 13.9. The van der Waals surface area contributed by atoms with Crippen molar-refractivity contribution in [1.82, 2.24) is 25.2 Å². The van der Waals surface area contributed by atoms with Crippen molar-refractivity contribution in [2.45, 2.75) is 13.0 Å². The predicted molar refractivity (Wildman–Crippen MR) is 91.0 cm³/mol. The molecule has 1 aliphatic heterocycles. The van der Waals surface area contributed by atoms with Gasteiger partial charge in [0.2, 0.25) is 0 Å². The highest BCUT2D eigenvalue weighted by Gasteiger charge is 2.25. The smallest absolute Gasteiger partial charge is 0.265 e. The number of hydrogen-bond acceptors (Lipinski definition) is 6. The van der Waals surface area contributed by atoms with Crippen molar-refractivity contribution in [3.05, 3.63) is 29.5 Å². The fourth-order valence-electron chi connectivity index (χ4n) is 2.17. The average molecular weight is 362 g/mol. The van der Waals surface area contributed by atoms with Gasteiger partial charge in [0.25, 0.3) is 5.91 Å². The van der Waals surface area contributed by atoms with Crippen LogP contribution < -0.4 is 5.32 Å². The zero-order valence-corrected chi connectivity index (χ0v) is 14.4. The molecule has 1 N–H and O–H groups in total. The van der Waals surface area contributed by atoms with E-state index in [-0.39, 0.29) is 36.8 Å². The van der Waals surface area contributed by atoms with Crippen LogP contribution in [0.25, 0.3) is 10.8 Å². The Morgan fingerprint density at radius 3 is 2.73 bits per heavy atom. The summed E-state index contributed by atoms with van der Waals surface area (Å²) < 4.78 is 0. The Balaban J connectivity index is 0.00000121. The number of carbonyl (C=O) groups is 1. The maximum Gasteiger partial charge on any atom is 0.265 e. The van der Waals surface area contributed by atoms with E-state index in [0.717, 1.165) is 19.6 Å². The lowest BCUT2D eigenvalue weighted by Gasteiger charge is -2.33. The van der Waals surface area contributed by atoms with Gasteiger partial charge in [-0.15, -0.1) is 36.2 Å². The van der Waals surface area contributed by atoms with Gasteiger partial charge in [0.05, 0.1) is 6.20 Å². The van der Waals surface area contributed by atoms with Crippen LogP contribution in [0.15, 0.2) is 24.7 Å². The van der Waals surface area contributed by atoms with Gasteiger partial charge in [-0.2, -0.15) is 0 Å². The standard InChI is InChI=1S/C13H15N5OS.2ClH/c1-9-7-14-5-6-18(9)13(19)10-8-17-12(20-10)11-15-3-2-4-16-11;;/h2-4,8-9,14H,5-7H2,1H3;2*1H. The highest BCUT2D eigenvalue weighted by molar-refractivity contribution is 7.16. The van der Waals surface area contributed by atoms with Crippen LogP contribution in [-0.4, -0.2) is 51.4 Å². The summed E-state index contributed by atoms with van der Waals surface area (Å²) in [5, 5.41) is 3.95. The van der Waals surface area contributed by atoms with E-state index in [4.69, 9.17) is 0 Å². The minimum Gasteiger partial charge on any atom is -0.333 e. The molecule has 0 spiro atoms. The van der Waals surface area contributed by atoms with Crippen LogP contribution >= 0.6 is 36.2 Å². The largest absolute Gasteiger partial charge is 0.333 e. The molecule has 3 heterocycles. The Bertz CT molecular complexity index is 609. The molecule has 1 aliphatic rings. The van der Waals surface area contributed by atoms with E-state index in [1.54, 1.807) is 24.7 Å². The third kappa shape index (κ3) is 3.92. The van der Waals surface area contributed by atoms with Crippen molar-refractivity contribution in [2.75, 3.05) is 19.6 Å². The maximum absolute atomic E-state index is 12.5. The predicted octanol–water partition coefficient (Wildman–Crippen LogP) is 1.88. The van der Waals surface area contributed by atoms with E-state index in [9.17, 15) is 4.79 Å². The summed E-state index contributed by atoms with van der Waals surface area (Å²) in [7, 11) is 0. The summed E-state index contributed by atoms with van der Waals surface area (Å²) >= 11 is 1.34. The van der Waals surface area contributed by atoms with Crippen molar-refractivity contribution in [3.63, 3.8) is 0 Å². The molecule has 120 valence electrons. The number of piperazine rings is 1. The second-order valence-electron chi connectivity index (χ2n) is 4.65. The van der Waals surface area contributed by atoms with E-state index in [0.29, 0.717) is 15.7 Å². The first-order valence-corrected chi connectivity index (χ1v) is 7.32. The van der Waals surface area contributed by atoms with Crippen LogP contribution in [0.5, 0.6) is 0 Å². The molecule has 0 saturated carbocycles. The lowest BCUT2D eigenvalue weighted by atomic mass is 10.2. The number of halogens is 2. The molecular weight excluding hydrogens is 345 g/mol. The molecule has 9 heteroatoms. The normalized spacial score (nSPS) is 17.3. The number of carbonyl (C=O) groups excluding carboxylic acids is 1. The Hall–Kier alpha value is -1.28. The van der Waals surface area contributed by atoms with Crippen molar-refractivity contribution in [2.24, 2.45) is 0 Å². The van der Waals surface area contributed by atoms with Crippen molar-refractivity contribution in [1.29, 1.82) is 0 Å². The van der Waals surface area contributed by atoms with Gasteiger partial charge in [0, 0.05) is 38.1 Å². The highest BCUT2D eigenvalue weighted by Crippen LogP contribution is 2.23. The molecule has 0 aromatic carbocycles. The monoisotopic (exact) mass is 361 g/mol. The molecule has 0 bridgehead atoms. The molecule has 3 rings (SSSR count). The van der Waals surface area contributed by atoms with Gasteiger partial charge in [0.15, 0.2) is 10.8 Å². The Kier molecular flexibility index (Phi) is 7.15. The Morgan fingerprint density at radius 2 is 2.05 bits per heavy atom.